The molecule has 0 spiro atoms. The first-order valence-electron chi connectivity index (χ1n) is 11.3. The molecule has 0 aromatic heterocycles. The van der Waals surface area contributed by atoms with Crippen LogP contribution in [0.3, 0.4) is 0 Å². The highest BCUT2D eigenvalue weighted by Crippen LogP contribution is 2.50. The Morgan fingerprint density at radius 2 is 1.64 bits per heavy atom. The standard InChI is InChI=1S/C27H24N2O7/c1-15-8-7-11-17(14-15)28-25(30)21-22(18-12-13-19(34-2)23(35-3)20(18)27(32)33)29(36-24(21)26(28)31)16-9-5-4-6-10-16/h4-14,21-22,24H,1-3H3,(H,32,33)/t21-,22+,24-/m1/s1. The molecular weight excluding hydrogens is 464 g/mol. The van der Waals surface area contributed by atoms with Gasteiger partial charge in [-0.05, 0) is 48.4 Å². The number of hydroxylamine groups is 1. The van der Waals surface area contributed by atoms with Gasteiger partial charge < -0.3 is 14.6 Å². The molecule has 2 aliphatic rings. The third-order valence-corrected chi connectivity index (χ3v) is 6.50. The van der Waals surface area contributed by atoms with Crippen molar-refractivity contribution in [3.8, 4) is 11.5 Å². The summed E-state index contributed by atoms with van der Waals surface area (Å²) in [5, 5.41) is 11.6. The van der Waals surface area contributed by atoms with Gasteiger partial charge in [0.15, 0.2) is 17.6 Å². The van der Waals surface area contributed by atoms with Gasteiger partial charge in [-0.25, -0.2) is 14.8 Å². The number of aromatic carboxylic acids is 1. The van der Waals surface area contributed by atoms with Gasteiger partial charge >= 0.3 is 5.97 Å². The van der Waals surface area contributed by atoms with Crippen LogP contribution in [-0.2, 0) is 14.4 Å². The van der Waals surface area contributed by atoms with Crippen molar-refractivity contribution in [2.75, 3.05) is 24.2 Å². The van der Waals surface area contributed by atoms with E-state index in [-0.39, 0.29) is 22.6 Å². The number of rotatable bonds is 6. The topological polar surface area (TPSA) is 106 Å². The molecular formula is C27H24N2O7. The minimum atomic E-state index is -1.26. The van der Waals surface area contributed by atoms with E-state index in [4.69, 9.17) is 14.3 Å². The van der Waals surface area contributed by atoms with Gasteiger partial charge in [0.05, 0.1) is 31.6 Å². The quantitative estimate of drug-likeness (QED) is 0.523. The minimum absolute atomic E-state index is 0.0197. The van der Waals surface area contributed by atoms with Gasteiger partial charge in [0.2, 0.25) is 5.91 Å². The zero-order valence-corrected chi connectivity index (χ0v) is 19.9. The molecule has 36 heavy (non-hydrogen) atoms. The van der Waals surface area contributed by atoms with Crippen molar-refractivity contribution in [2.45, 2.75) is 19.1 Å². The number of hydrogen-bond acceptors (Lipinski definition) is 7. The molecule has 2 aliphatic heterocycles. The number of hydrogen-bond donors (Lipinski definition) is 1. The Kier molecular flexibility index (Phi) is 5.85. The second kappa shape index (κ2) is 9.01. The summed E-state index contributed by atoms with van der Waals surface area (Å²) in [4.78, 5) is 47.0. The lowest BCUT2D eigenvalue weighted by molar-refractivity contribution is -0.126. The number of carboxylic acid groups (broad SMARTS) is 1. The number of aryl methyl sites for hydroxylation is 1. The summed E-state index contributed by atoms with van der Waals surface area (Å²) in [6, 6.07) is 18.2. The van der Waals surface area contributed by atoms with Crippen LogP contribution >= 0.6 is 0 Å². The number of ether oxygens (including phenoxy) is 2. The van der Waals surface area contributed by atoms with Crippen LogP contribution in [0.5, 0.6) is 11.5 Å². The molecule has 2 amide bonds. The number of benzene rings is 3. The Morgan fingerprint density at radius 3 is 2.28 bits per heavy atom. The number of imide groups is 1. The molecule has 184 valence electrons. The highest BCUT2D eigenvalue weighted by Gasteiger charge is 2.61. The molecule has 2 heterocycles. The normalized spacial score (nSPS) is 21.0. The van der Waals surface area contributed by atoms with Crippen LogP contribution in [0.15, 0.2) is 66.7 Å². The fourth-order valence-corrected chi connectivity index (χ4v) is 4.96. The number of carbonyl (C=O) groups excluding carboxylic acids is 2. The fraction of sp³-hybridized carbons (Fsp3) is 0.222. The number of carboxylic acids is 1. The first-order valence-corrected chi connectivity index (χ1v) is 11.3. The van der Waals surface area contributed by atoms with E-state index in [1.807, 2.05) is 19.1 Å². The van der Waals surface area contributed by atoms with Crippen molar-refractivity contribution in [1.29, 1.82) is 0 Å². The van der Waals surface area contributed by atoms with Crippen molar-refractivity contribution in [2.24, 2.45) is 5.92 Å². The summed E-state index contributed by atoms with van der Waals surface area (Å²) in [6.07, 6.45) is -1.13. The molecule has 5 rings (SSSR count). The summed E-state index contributed by atoms with van der Waals surface area (Å²) < 4.78 is 10.7. The van der Waals surface area contributed by atoms with Gasteiger partial charge in [0, 0.05) is 0 Å². The Morgan fingerprint density at radius 1 is 0.917 bits per heavy atom. The molecule has 0 radical (unpaired) electrons. The van der Waals surface area contributed by atoms with E-state index >= 15 is 0 Å². The Balaban J connectivity index is 1.69. The SMILES string of the molecule is COc1ccc([C@H]2[C@H]3C(=O)N(c4cccc(C)c4)C(=O)[C@@H]3ON2c2ccccc2)c(C(=O)O)c1OC. The first kappa shape index (κ1) is 23.4. The molecule has 3 aromatic rings. The smallest absolute Gasteiger partial charge is 0.339 e. The van der Waals surface area contributed by atoms with Crippen molar-refractivity contribution < 1.29 is 33.8 Å². The van der Waals surface area contributed by atoms with E-state index in [1.54, 1.807) is 54.6 Å². The van der Waals surface area contributed by atoms with Gasteiger partial charge in [0.25, 0.3) is 5.91 Å². The molecule has 9 heteroatoms. The maximum Gasteiger partial charge on any atom is 0.339 e. The average Bonchev–Trinajstić information content (AvgIpc) is 3.39. The Bertz CT molecular complexity index is 1360. The molecule has 0 unspecified atom stereocenters. The van der Waals surface area contributed by atoms with E-state index in [9.17, 15) is 19.5 Å². The molecule has 1 N–H and O–H groups in total. The minimum Gasteiger partial charge on any atom is -0.493 e. The number of anilines is 2. The summed E-state index contributed by atoms with van der Waals surface area (Å²) >= 11 is 0. The fourth-order valence-electron chi connectivity index (χ4n) is 4.96. The average molecular weight is 488 g/mol. The molecule has 3 atom stereocenters. The van der Waals surface area contributed by atoms with Crippen LogP contribution in [0.1, 0.15) is 27.5 Å². The number of fused-ring (bicyclic) bond motifs is 1. The maximum absolute atomic E-state index is 13.8. The lowest BCUT2D eigenvalue weighted by Gasteiger charge is -2.30. The van der Waals surface area contributed by atoms with E-state index in [0.29, 0.717) is 11.4 Å². The third kappa shape index (κ3) is 3.56. The van der Waals surface area contributed by atoms with Gasteiger partial charge in [-0.15, -0.1) is 0 Å². The second-order valence-electron chi connectivity index (χ2n) is 8.58. The lowest BCUT2D eigenvalue weighted by atomic mass is 9.87. The highest BCUT2D eigenvalue weighted by molar-refractivity contribution is 6.24. The van der Waals surface area contributed by atoms with Gasteiger partial charge in [-0.2, -0.15) is 0 Å². The van der Waals surface area contributed by atoms with Crippen LogP contribution in [-0.4, -0.2) is 43.2 Å². The molecule has 3 aromatic carbocycles. The Hall–Kier alpha value is -4.37. The predicted molar refractivity (Wildman–Crippen MR) is 130 cm³/mol. The molecule has 0 aliphatic carbocycles. The van der Waals surface area contributed by atoms with Crippen LogP contribution in [0.25, 0.3) is 0 Å². The summed E-state index contributed by atoms with van der Waals surface area (Å²) in [5.41, 5.74) is 2.01. The van der Waals surface area contributed by atoms with Gasteiger partial charge in [-0.3, -0.25) is 14.4 Å². The lowest BCUT2D eigenvalue weighted by Crippen LogP contribution is -2.37. The summed E-state index contributed by atoms with van der Waals surface area (Å²) in [6.45, 7) is 1.87. The van der Waals surface area contributed by atoms with Gasteiger partial charge in [-0.1, -0.05) is 36.4 Å². The first-order chi connectivity index (χ1) is 17.4. The maximum atomic E-state index is 13.8. The highest BCUT2D eigenvalue weighted by atomic mass is 16.7. The summed E-state index contributed by atoms with van der Waals surface area (Å²) in [7, 11) is 2.76. The van der Waals surface area contributed by atoms with Crippen molar-refractivity contribution >= 4 is 29.2 Å². The van der Waals surface area contributed by atoms with E-state index in [0.717, 1.165) is 10.5 Å². The zero-order chi connectivity index (χ0) is 25.6. The van der Waals surface area contributed by atoms with Crippen LogP contribution in [0, 0.1) is 12.8 Å². The monoisotopic (exact) mass is 488 g/mol. The van der Waals surface area contributed by atoms with Crippen molar-refractivity contribution in [3.63, 3.8) is 0 Å². The molecule has 0 bridgehead atoms. The summed E-state index contributed by atoms with van der Waals surface area (Å²) in [5.74, 6) is -2.97. The molecule has 9 nitrogen and oxygen atoms in total. The number of carbonyl (C=O) groups is 3. The predicted octanol–water partition coefficient (Wildman–Crippen LogP) is 3.76. The van der Waals surface area contributed by atoms with Crippen molar-refractivity contribution in [1.82, 2.24) is 0 Å². The van der Waals surface area contributed by atoms with Crippen molar-refractivity contribution in [3.05, 3.63) is 83.4 Å². The third-order valence-electron chi connectivity index (χ3n) is 6.50. The second-order valence-corrected chi connectivity index (χ2v) is 8.58. The molecule has 0 saturated carbocycles. The van der Waals surface area contributed by atoms with E-state index in [1.165, 1.54) is 19.3 Å². The number of amides is 2. The van der Waals surface area contributed by atoms with Crippen LogP contribution in [0.2, 0.25) is 0 Å². The molecule has 2 fully saturated rings. The zero-order valence-electron chi connectivity index (χ0n) is 19.9. The largest absolute Gasteiger partial charge is 0.493 e. The van der Waals surface area contributed by atoms with Gasteiger partial charge in [0.1, 0.15) is 11.5 Å². The van der Waals surface area contributed by atoms with Crippen LogP contribution in [0.4, 0.5) is 11.4 Å². The number of para-hydroxylation sites is 1. The number of nitrogens with zero attached hydrogens (tertiary/aromatic N) is 2. The number of methoxy groups -OCH3 is 2. The molecule has 2 saturated heterocycles. The van der Waals surface area contributed by atoms with E-state index < -0.39 is 35.8 Å². The Labute approximate surface area is 207 Å². The van der Waals surface area contributed by atoms with Crippen LogP contribution < -0.4 is 19.4 Å². The van der Waals surface area contributed by atoms with E-state index in [2.05, 4.69) is 0 Å².